The van der Waals surface area contributed by atoms with E-state index in [1.165, 1.54) is 38.5 Å². The maximum Gasteiger partial charge on any atom is 0.230 e. The van der Waals surface area contributed by atoms with Gasteiger partial charge in [0.1, 0.15) is 11.3 Å². The van der Waals surface area contributed by atoms with Gasteiger partial charge in [0, 0.05) is 25.6 Å². The van der Waals surface area contributed by atoms with Gasteiger partial charge in [-0.25, -0.2) is 4.98 Å². The first kappa shape index (κ1) is 16.4. The Morgan fingerprint density at radius 1 is 1.17 bits per heavy atom. The van der Waals surface area contributed by atoms with E-state index in [2.05, 4.69) is 21.9 Å². The number of anilines is 1. The predicted molar refractivity (Wildman–Crippen MR) is 93.8 cm³/mol. The Kier molecular flexibility index (Phi) is 4.81. The van der Waals surface area contributed by atoms with Crippen LogP contribution >= 0.6 is 11.6 Å². The topological polar surface area (TPSA) is 47.5 Å². The summed E-state index contributed by atoms with van der Waals surface area (Å²) < 4.78 is 11.3. The zero-order valence-corrected chi connectivity index (χ0v) is 15.0. The highest BCUT2D eigenvalue weighted by atomic mass is 35.5. The van der Waals surface area contributed by atoms with Crippen molar-refractivity contribution in [2.24, 2.45) is 11.8 Å². The SMILES string of the molecule is CN(c1nc(Cl)cc(O[C@@H]2CCOC2)n1)C1C[C@H]2CCC[C@@H](C1)C2. The van der Waals surface area contributed by atoms with Gasteiger partial charge in [-0.3, -0.25) is 0 Å². The highest BCUT2D eigenvalue weighted by Gasteiger charge is 2.34. The molecule has 0 radical (unpaired) electrons. The Morgan fingerprint density at radius 2 is 1.96 bits per heavy atom. The van der Waals surface area contributed by atoms with Gasteiger partial charge in [0.25, 0.3) is 0 Å². The van der Waals surface area contributed by atoms with Gasteiger partial charge in [-0.15, -0.1) is 0 Å². The Balaban J connectivity index is 1.48. The molecule has 2 bridgehead atoms. The second-order valence-electron chi connectivity index (χ2n) is 7.57. The molecule has 132 valence electrons. The second kappa shape index (κ2) is 7.04. The van der Waals surface area contributed by atoms with E-state index in [-0.39, 0.29) is 6.10 Å². The molecule has 1 saturated heterocycles. The molecule has 4 atom stereocenters. The molecule has 1 unspecified atom stereocenters. The van der Waals surface area contributed by atoms with Gasteiger partial charge in [-0.05, 0) is 31.1 Å². The lowest BCUT2D eigenvalue weighted by atomic mass is 9.70. The minimum atomic E-state index is 0.0724. The summed E-state index contributed by atoms with van der Waals surface area (Å²) in [5.74, 6) is 2.98. The Labute approximate surface area is 148 Å². The normalized spacial score (nSPS) is 32.6. The van der Waals surface area contributed by atoms with Crippen LogP contribution in [0, 0.1) is 11.8 Å². The summed E-state index contributed by atoms with van der Waals surface area (Å²) in [6.07, 6.45) is 9.05. The Bertz CT molecular complexity index is 567. The van der Waals surface area contributed by atoms with Crippen molar-refractivity contribution in [3.05, 3.63) is 11.2 Å². The van der Waals surface area contributed by atoms with Crippen LogP contribution in [-0.4, -0.2) is 42.4 Å². The van der Waals surface area contributed by atoms with Gasteiger partial charge in [0.2, 0.25) is 11.8 Å². The van der Waals surface area contributed by atoms with Crippen LogP contribution in [0.2, 0.25) is 5.15 Å². The molecule has 4 rings (SSSR count). The summed E-state index contributed by atoms with van der Waals surface area (Å²) >= 11 is 6.23. The third-order valence-electron chi connectivity index (χ3n) is 5.80. The van der Waals surface area contributed by atoms with E-state index in [9.17, 15) is 0 Å². The summed E-state index contributed by atoms with van der Waals surface area (Å²) in [7, 11) is 2.10. The zero-order valence-electron chi connectivity index (χ0n) is 14.3. The Morgan fingerprint density at radius 3 is 2.67 bits per heavy atom. The molecule has 6 heteroatoms. The summed E-state index contributed by atoms with van der Waals surface area (Å²) in [6.45, 7) is 1.37. The lowest BCUT2D eigenvalue weighted by Crippen LogP contribution is -2.41. The highest BCUT2D eigenvalue weighted by molar-refractivity contribution is 6.29. The van der Waals surface area contributed by atoms with Crippen molar-refractivity contribution in [1.82, 2.24) is 9.97 Å². The number of aromatic nitrogens is 2. The second-order valence-corrected chi connectivity index (χ2v) is 7.95. The maximum atomic E-state index is 6.23. The molecule has 3 aliphatic rings. The number of nitrogens with zero attached hydrogens (tertiary/aromatic N) is 3. The van der Waals surface area contributed by atoms with Crippen molar-refractivity contribution in [3.63, 3.8) is 0 Å². The number of rotatable bonds is 4. The molecule has 5 nitrogen and oxygen atoms in total. The standard InChI is InChI=1S/C18H26ClN3O2/c1-22(14-8-12-3-2-4-13(7-12)9-14)18-20-16(19)10-17(21-18)24-15-5-6-23-11-15/h10,12-15H,2-9,11H2,1H3/t12-,13+,14?,15-/m1/s1. The fourth-order valence-electron chi connectivity index (χ4n) is 4.56. The smallest absolute Gasteiger partial charge is 0.230 e. The maximum absolute atomic E-state index is 6.23. The van der Waals surface area contributed by atoms with Gasteiger partial charge in [0.05, 0.1) is 13.2 Å². The van der Waals surface area contributed by atoms with E-state index in [1.807, 2.05) is 0 Å². The monoisotopic (exact) mass is 351 g/mol. The average Bonchev–Trinajstić information content (AvgIpc) is 3.06. The molecule has 1 aromatic heterocycles. The summed E-state index contributed by atoms with van der Waals surface area (Å²) in [5, 5.41) is 0.441. The largest absolute Gasteiger partial charge is 0.472 e. The van der Waals surface area contributed by atoms with Crippen LogP contribution < -0.4 is 9.64 Å². The minimum Gasteiger partial charge on any atom is -0.472 e. The van der Waals surface area contributed by atoms with Gasteiger partial charge < -0.3 is 14.4 Å². The lowest BCUT2D eigenvalue weighted by molar-refractivity contribution is 0.138. The fourth-order valence-corrected chi connectivity index (χ4v) is 4.72. The van der Waals surface area contributed by atoms with Gasteiger partial charge >= 0.3 is 0 Å². The van der Waals surface area contributed by atoms with E-state index < -0.39 is 0 Å². The van der Waals surface area contributed by atoms with Crippen LogP contribution in [0.3, 0.4) is 0 Å². The van der Waals surface area contributed by atoms with Gasteiger partial charge in [-0.2, -0.15) is 4.98 Å². The van der Waals surface area contributed by atoms with Crippen molar-refractivity contribution < 1.29 is 9.47 Å². The molecule has 2 saturated carbocycles. The molecular weight excluding hydrogens is 326 g/mol. The number of hydrogen-bond donors (Lipinski definition) is 0. The first-order valence-corrected chi connectivity index (χ1v) is 9.57. The van der Waals surface area contributed by atoms with Crippen molar-refractivity contribution >= 4 is 17.5 Å². The van der Waals surface area contributed by atoms with Crippen LogP contribution in [0.25, 0.3) is 0 Å². The molecule has 24 heavy (non-hydrogen) atoms. The van der Waals surface area contributed by atoms with Gasteiger partial charge in [-0.1, -0.05) is 30.9 Å². The molecule has 2 heterocycles. The molecular formula is C18H26ClN3O2. The van der Waals surface area contributed by atoms with Crippen LogP contribution in [0.4, 0.5) is 5.95 Å². The molecule has 1 aliphatic heterocycles. The number of halogens is 1. The van der Waals surface area contributed by atoms with Crippen molar-refractivity contribution in [2.45, 2.75) is 57.1 Å². The van der Waals surface area contributed by atoms with Crippen LogP contribution in [0.5, 0.6) is 5.88 Å². The summed E-state index contributed by atoms with van der Waals surface area (Å²) in [5.41, 5.74) is 0. The number of hydrogen-bond acceptors (Lipinski definition) is 5. The van der Waals surface area contributed by atoms with Crippen molar-refractivity contribution in [3.8, 4) is 5.88 Å². The van der Waals surface area contributed by atoms with E-state index in [4.69, 9.17) is 21.1 Å². The quantitative estimate of drug-likeness (QED) is 0.774. The Hall–Kier alpha value is -1.07. The fraction of sp³-hybridized carbons (Fsp3) is 0.778. The van der Waals surface area contributed by atoms with Crippen molar-refractivity contribution in [2.75, 3.05) is 25.2 Å². The van der Waals surface area contributed by atoms with Gasteiger partial charge in [0.15, 0.2) is 0 Å². The lowest BCUT2D eigenvalue weighted by Gasteiger charge is -2.42. The first-order chi connectivity index (χ1) is 11.7. The number of ether oxygens (including phenoxy) is 2. The minimum absolute atomic E-state index is 0.0724. The molecule has 2 aliphatic carbocycles. The third kappa shape index (κ3) is 3.62. The van der Waals surface area contributed by atoms with E-state index >= 15 is 0 Å². The van der Waals surface area contributed by atoms with Crippen LogP contribution in [-0.2, 0) is 4.74 Å². The van der Waals surface area contributed by atoms with E-state index in [0.717, 1.165) is 24.9 Å². The zero-order chi connectivity index (χ0) is 16.5. The molecule has 0 N–H and O–H groups in total. The highest BCUT2D eigenvalue weighted by Crippen LogP contribution is 2.41. The third-order valence-corrected chi connectivity index (χ3v) is 5.99. The summed E-state index contributed by atoms with van der Waals surface area (Å²) in [4.78, 5) is 11.3. The molecule has 3 fully saturated rings. The van der Waals surface area contributed by atoms with Crippen LogP contribution in [0.15, 0.2) is 6.07 Å². The summed E-state index contributed by atoms with van der Waals surface area (Å²) in [6, 6.07) is 2.21. The van der Waals surface area contributed by atoms with E-state index in [0.29, 0.717) is 29.6 Å². The molecule has 1 aromatic rings. The van der Waals surface area contributed by atoms with Crippen LogP contribution in [0.1, 0.15) is 44.9 Å². The molecule has 0 aromatic carbocycles. The first-order valence-electron chi connectivity index (χ1n) is 9.19. The average molecular weight is 352 g/mol. The van der Waals surface area contributed by atoms with Crippen molar-refractivity contribution in [1.29, 1.82) is 0 Å². The molecule has 0 amide bonds. The van der Waals surface area contributed by atoms with E-state index in [1.54, 1.807) is 6.07 Å². The predicted octanol–water partition coefficient (Wildman–Crippen LogP) is 3.70. The molecule has 0 spiro atoms. The number of fused-ring (bicyclic) bond motifs is 2.